The molecule has 0 saturated carbocycles. The van der Waals surface area contributed by atoms with Crippen molar-refractivity contribution in [3.8, 4) is 0 Å². The minimum Gasteiger partial charge on any atom is -0.481 e. The van der Waals surface area contributed by atoms with Crippen LogP contribution in [0.5, 0.6) is 0 Å². The van der Waals surface area contributed by atoms with E-state index in [2.05, 4.69) is 4.98 Å². The zero-order valence-electron chi connectivity index (χ0n) is 12.2. The lowest BCUT2D eigenvalue weighted by atomic mass is 9.86. The van der Waals surface area contributed by atoms with Gasteiger partial charge in [-0.3, -0.25) is 9.59 Å². The molecule has 2 heterocycles. The number of fused-ring (bicyclic) bond motifs is 1. The number of likely N-dealkylation sites (tertiary alicyclic amines) is 1. The number of aliphatic carboxylic acids is 1. The van der Waals surface area contributed by atoms with E-state index < -0.39 is 36.4 Å². The zero-order valence-corrected chi connectivity index (χ0v) is 12.9. The molecule has 1 unspecified atom stereocenters. The molecule has 1 saturated heterocycles. The third-order valence-electron chi connectivity index (χ3n) is 4.32. The molecular formula is C15H12ClF3N2O3. The van der Waals surface area contributed by atoms with E-state index in [1.54, 1.807) is 18.2 Å². The van der Waals surface area contributed by atoms with Crippen LogP contribution in [0.3, 0.4) is 0 Å². The summed E-state index contributed by atoms with van der Waals surface area (Å²) in [5, 5.41) is 10.2. The Hall–Kier alpha value is -2.22. The van der Waals surface area contributed by atoms with Gasteiger partial charge < -0.3 is 15.0 Å². The minimum absolute atomic E-state index is 0.0932. The second kappa shape index (κ2) is 5.41. The number of carboxylic acid groups (broad SMARTS) is 1. The Balaban J connectivity index is 1.89. The van der Waals surface area contributed by atoms with E-state index in [1.165, 1.54) is 6.07 Å². The maximum absolute atomic E-state index is 13.2. The van der Waals surface area contributed by atoms with E-state index in [1.807, 2.05) is 0 Å². The topological polar surface area (TPSA) is 73.4 Å². The van der Waals surface area contributed by atoms with Crippen LogP contribution in [0.1, 0.15) is 16.9 Å². The average Bonchev–Trinajstić information content (AvgIpc) is 3.10. The van der Waals surface area contributed by atoms with Crippen LogP contribution in [-0.4, -0.2) is 46.1 Å². The fourth-order valence-electron chi connectivity index (χ4n) is 2.90. The van der Waals surface area contributed by atoms with Crippen molar-refractivity contribution in [1.29, 1.82) is 0 Å². The van der Waals surface area contributed by atoms with E-state index >= 15 is 0 Å². The number of alkyl halides is 3. The molecule has 5 nitrogen and oxygen atoms in total. The van der Waals surface area contributed by atoms with Gasteiger partial charge in [0.1, 0.15) is 5.69 Å². The molecule has 2 aromatic rings. The van der Waals surface area contributed by atoms with Crippen LogP contribution >= 0.6 is 11.6 Å². The normalized spacial score (nSPS) is 21.4. The van der Waals surface area contributed by atoms with Gasteiger partial charge in [-0.15, -0.1) is 0 Å². The fraction of sp³-hybridized carbons (Fsp3) is 0.333. The van der Waals surface area contributed by atoms with Crippen molar-refractivity contribution >= 4 is 34.4 Å². The van der Waals surface area contributed by atoms with Crippen molar-refractivity contribution in [2.24, 2.45) is 5.41 Å². The van der Waals surface area contributed by atoms with E-state index in [-0.39, 0.29) is 12.2 Å². The fourth-order valence-corrected chi connectivity index (χ4v) is 3.07. The van der Waals surface area contributed by atoms with Crippen molar-refractivity contribution < 1.29 is 27.9 Å². The van der Waals surface area contributed by atoms with Gasteiger partial charge in [-0.05, 0) is 24.6 Å². The van der Waals surface area contributed by atoms with Crippen molar-refractivity contribution in [3.63, 3.8) is 0 Å². The summed E-state index contributed by atoms with van der Waals surface area (Å²) in [6.45, 7) is -1.18. The molecule has 2 N–H and O–H groups in total. The van der Waals surface area contributed by atoms with Gasteiger partial charge in [0.25, 0.3) is 5.91 Å². The van der Waals surface area contributed by atoms with Crippen LogP contribution in [0.25, 0.3) is 10.9 Å². The number of carboxylic acids is 1. The minimum atomic E-state index is -4.93. The molecule has 1 amide bonds. The molecule has 0 radical (unpaired) electrons. The quantitative estimate of drug-likeness (QED) is 0.863. The number of nitrogens with one attached hydrogen (secondary N) is 1. The first-order valence-electron chi connectivity index (χ1n) is 7.02. The second-order valence-electron chi connectivity index (χ2n) is 5.78. The Labute approximate surface area is 139 Å². The number of aromatic amines is 1. The van der Waals surface area contributed by atoms with Gasteiger partial charge in [0, 0.05) is 29.0 Å². The first kappa shape index (κ1) is 16.6. The van der Waals surface area contributed by atoms with Gasteiger partial charge in [-0.1, -0.05) is 17.7 Å². The molecule has 3 rings (SSSR count). The summed E-state index contributed by atoms with van der Waals surface area (Å²) in [6.07, 6.45) is -5.59. The van der Waals surface area contributed by atoms with Gasteiger partial charge in [-0.2, -0.15) is 13.2 Å². The number of halogens is 4. The highest BCUT2D eigenvalue weighted by atomic mass is 35.5. The number of amides is 1. The lowest BCUT2D eigenvalue weighted by molar-refractivity contribution is -0.227. The predicted octanol–water partition coefficient (Wildman–Crippen LogP) is 3.30. The molecule has 0 bridgehead atoms. The Morgan fingerprint density at radius 3 is 2.58 bits per heavy atom. The van der Waals surface area contributed by atoms with Crippen LogP contribution in [-0.2, 0) is 4.79 Å². The molecule has 24 heavy (non-hydrogen) atoms. The highest BCUT2D eigenvalue weighted by molar-refractivity contribution is 6.31. The van der Waals surface area contributed by atoms with Crippen LogP contribution in [0.4, 0.5) is 13.2 Å². The van der Waals surface area contributed by atoms with Crippen molar-refractivity contribution in [3.05, 3.63) is 35.0 Å². The molecular weight excluding hydrogens is 349 g/mol. The Morgan fingerprint density at radius 2 is 2.00 bits per heavy atom. The largest absolute Gasteiger partial charge is 0.481 e. The summed E-state index contributed by atoms with van der Waals surface area (Å²) < 4.78 is 39.5. The molecule has 1 atom stereocenters. The van der Waals surface area contributed by atoms with Gasteiger partial charge in [-0.25, -0.2) is 0 Å². The van der Waals surface area contributed by atoms with Crippen molar-refractivity contribution in [2.75, 3.05) is 13.1 Å². The van der Waals surface area contributed by atoms with Gasteiger partial charge in [0.15, 0.2) is 5.41 Å². The number of H-pyrrole nitrogens is 1. The summed E-state index contributed by atoms with van der Waals surface area (Å²) in [6, 6.07) is 6.39. The highest BCUT2D eigenvalue weighted by Crippen LogP contribution is 2.46. The van der Waals surface area contributed by atoms with Crippen LogP contribution in [0.15, 0.2) is 24.3 Å². The number of carbonyl (C=O) groups excluding carboxylic acids is 1. The number of hydrogen-bond acceptors (Lipinski definition) is 2. The van der Waals surface area contributed by atoms with Crippen LogP contribution in [0, 0.1) is 5.41 Å². The molecule has 1 fully saturated rings. The molecule has 128 valence electrons. The number of benzene rings is 1. The standard InChI is InChI=1S/C15H12ClF3N2O3/c16-9-2-1-8-5-11(20-10(8)6-9)12(22)21-4-3-14(7-21,13(23)24)15(17,18)19/h1-2,5-6,20H,3-4,7H2,(H,23,24). The molecule has 9 heteroatoms. The molecule has 0 aliphatic carbocycles. The lowest BCUT2D eigenvalue weighted by Gasteiger charge is -2.27. The van der Waals surface area contributed by atoms with Gasteiger partial charge >= 0.3 is 12.1 Å². The first-order chi connectivity index (χ1) is 11.1. The number of aromatic nitrogens is 1. The lowest BCUT2D eigenvalue weighted by Crippen LogP contribution is -2.47. The third kappa shape index (κ3) is 2.50. The van der Waals surface area contributed by atoms with E-state index in [0.29, 0.717) is 15.9 Å². The highest BCUT2D eigenvalue weighted by Gasteiger charge is 2.64. The molecule has 1 aromatic heterocycles. The van der Waals surface area contributed by atoms with Crippen molar-refractivity contribution in [2.45, 2.75) is 12.6 Å². The number of nitrogens with zero attached hydrogens (tertiary/aromatic N) is 1. The van der Waals surface area contributed by atoms with Crippen LogP contribution < -0.4 is 0 Å². The number of hydrogen-bond donors (Lipinski definition) is 2. The summed E-state index contributed by atoms with van der Waals surface area (Å²) >= 11 is 5.85. The summed E-state index contributed by atoms with van der Waals surface area (Å²) in [7, 11) is 0. The van der Waals surface area contributed by atoms with Crippen molar-refractivity contribution in [1.82, 2.24) is 9.88 Å². The van der Waals surface area contributed by atoms with Gasteiger partial charge in [0.05, 0.1) is 0 Å². The summed E-state index contributed by atoms with van der Waals surface area (Å²) in [5.74, 6) is -2.64. The molecule has 1 aromatic carbocycles. The zero-order chi connectivity index (χ0) is 17.7. The maximum atomic E-state index is 13.2. The Bertz CT molecular complexity index is 833. The maximum Gasteiger partial charge on any atom is 0.406 e. The predicted molar refractivity (Wildman–Crippen MR) is 80.0 cm³/mol. The van der Waals surface area contributed by atoms with E-state index in [0.717, 1.165) is 4.90 Å². The Morgan fingerprint density at radius 1 is 1.29 bits per heavy atom. The van der Waals surface area contributed by atoms with E-state index in [9.17, 15) is 22.8 Å². The average molecular weight is 361 g/mol. The molecule has 0 spiro atoms. The van der Waals surface area contributed by atoms with E-state index in [4.69, 9.17) is 16.7 Å². The van der Waals surface area contributed by atoms with Crippen LogP contribution in [0.2, 0.25) is 5.02 Å². The number of rotatable bonds is 2. The monoisotopic (exact) mass is 360 g/mol. The first-order valence-corrected chi connectivity index (χ1v) is 7.39. The third-order valence-corrected chi connectivity index (χ3v) is 4.56. The summed E-state index contributed by atoms with van der Waals surface area (Å²) in [5.41, 5.74) is -2.25. The summed E-state index contributed by atoms with van der Waals surface area (Å²) in [4.78, 5) is 27.3. The molecule has 1 aliphatic rings. The smallest absolute Gasteiger partial charge is 0.406 e. The second-order valence-corrected chi connectivity index (χ2v) is 6.21. The Kier molecular flexibility index (Phi) is 3.75. The number of carbonyl (C=O) groups is 2. The SMILES string of the molecule is O=C(c1cc2ccc(Cl)cc2[nH]1)N1CCC(C(=O)O)(C(F)(F)F)C1. The van der Waals surface area contributed by atoms with Gasteiger partial charge in [0.2, 0.25) is 0 Å². The molecule has 1 aliphatic heterocycles.